The van der Waals surface area contributed by atoms with Crippen molar-refractivity contribution in [3.05, 3.63) is 59.5 Å². The van der Waals surface area contributed by atoms with Crippen LogP contribution in [0.3, 0.4) is 0 Å². The summed E-state index contributed by atoms with van der Waals surface area (Å²) in [4.78, 5) is 16.3. The van der Waals surface area contributed by atoms with Crippen molar-refractivity contribution >= 4 is 17.7 Å². The van der Waals surface area contributed by atoms with Gasteiger partial charge >= 0.3 is 0 Å². The summed E-state index contributed by atoms with van der Waals surface area (Å²) < 4.78 is 46.2. The first kappa shape index (κ1) is 20.3. The molecule has 1 N–H and O–H groups in total. The Bertz CT molecular complexity index is 727. The Kier molecular flexibility index (Phi) is 7.47. The summed E-state index contributed by atoms with van der Waals surface area (Å²) in [7, 11) is 1.53. The van der Waals surface area contributed by atoms with Gasteiger partial charge in [0.2, 0.25) is 0 Å². The number of halogens is 3. The number of benzene rings is 1. The van der Waals surface area contributed by atoms with Crippen molar-refractivity contribution < 1.29 is 22.7 Å². The zero-order valence-corrected chi connectivity index (χ0v) is 15.0. The van der Waals surface area contributed by atoms with Crippen LogP contribution in [0.2, 0.25) is 0 Å². The van der Waals surface area contributed by atoms with Crippen molar-refractivity contribution in [1.29, 1.82) is 0 Å². The molecule has 1 amide bonds. The van der Waals surface area contributed by atoms with Gasteiger partial charge in [-0.2, -0.15) is 0 Å². The lowest BCUT2D eigenvalue weighted by molar-refractivity contribution is -0.00707. The molecule has 26 heavy (non-hydrogen) atoms. The number of carbonyl (C=O) groups is 1. The summed E-state index contributed by atoms with van der Waals surface area (Å²) in [6, 6.07) is 7.39. The van der Waals surface area contributed by atoms with E-state index in [0.29, 0.717) is 23.7 Å². The molecule has 0 atom stereocenters. The molecule has 8 heteroatoms. The van der Waals surface area contributed by atoms with Crippen LogP contribution in [-0.2, 0) is 10.7 Å². The molecular weight excluding hydrogens is 365 g/mol. The highest BCUT2D eigenvalue weighted by atomic mass is 32.2. The van der Waals surface area contributed by atoms with E-state index in [1.807, 2.05) is 0 Å². The Balaban J connectivity index is 1.97. The van der Waals surface area contributed by atoms with Crippen LogP contribution < -0.4 is 5.32 Å². The van der Waals surface area contributed by atoms with E-state index in [-0.39, 0.29) is 17.2 Å². The van der Waals surface area contributed by atoms with Gasteiger partial charge in [0, 0.05) is 37.6 Å². The number of pyridine rings is 1. The molecule has 4 nitrogen and oxygen atoms in total. The smallest absolute Gasteiger partial charge is 0.274 e. The molecule has 0 unspecified atom stereocenters. The number of amides is 1. The van der Waals surface area contributed by atoms with Crippen LogP contribution in [0.4, 0.5) is 13.2 Å². The average molecular weight is 384 g/mol. The highest BCUT2D eigenvalue weighted by Crippen LogP contribution is 2.34. The number of thioether (sulfide) groups is 1. The molecule has 1 aromatic carbocycles. The highest BCUT2D eigenvalue weighted by Gasteiger charge is 2.31. The van der Waals surface area contributed by atoms with E-state index < -0.39 is 18.2 Å². The molecule has 0 bridgehead atoms. The second-order valence-electron chi connectivity index (χ2n) is 5.41. The fourth-order valence-electron chi connectivity index (χ4n) is 2.15. The van der Waals surface area contributed by atoms with Crippen molar-refractivity contribution in [2.24, 2.45) is 0 Å². The standard InChI is InChI=1S/C18H19F3N2O2S/c1-25-11-10-22-16(24)15-3-2-9-23-17(15)26-12-8-18(20,21)13-4-6-14(19)7-5-13/h2-7,9H,8,10-12H2,1H3,(H,22,24). The summed E-state index contributed by atoms with van der Waals surface area (Å²) in [6.45, 7) is 0.718. The maximum Gasteiger partial charge on any atom is 0.274 e. The zero-order valence-electron chi connectivity index (χ0n) is 14.2. The lowest BCUT2D eigenvalue weighted by Gasteiger charge is -2.16. The fraction of sp³-hybridized carbons (Fsp3) is 0.333. The first-order chi connectivity index (χ1) is 12.4. The van der Waals surface area contributed by atoms with Crippen molar-refractivity contribution in [3.8, 4) is 0 Å². The molecule has 0 radical (unpaired) electrons. The van der Waals surface area contributed by atoms with Crippen LogP contribution in [0.5, 0.6) is 0 Å². The maximum atomic E-state index is 14.2. The molecule has 0 aliphatic carbocycles. The Morgan fingerprint density at radius 2 is 2.00 bits per heavy atom. The minimum Gasteiger partial charge on any atom is -0.383 e. The normalized spacial score (nSPS) is 11.4. The molecule has 140 valence electrons. The van der Waals surface area contributed by atoms with Gasteiger partial charge in [0.1, 0.15) is 10.8 Å². The third kappa shape index (κ3) is 5.74. The molecule has 1 aromatic heterocycles. The predicted molar refractivity (Wildman–Crippen MR) is 94.1 cm³/mol. The lowest BCUT2D eigenvalue weighted by Crippen LogP contribution is -2.27. The number of nitrogens with zero attached hydrogens (tertiary/aromatic N) is 1. The zero-order chi connectivity index (χ0) is 19.0. The van der Waals surface area contributed by atoms with E-state index in [2.05, 4.69) is 10.3 Å². The van der Waals surface area contributed by atoms with Gasteiger partial charge in [-0.25, -0.2) is 18.2 Å². The van der Waals surface area contributed by atoms with Gasteiger partial charge in [0.25, 0.3) is 11.8 Å². The number of hydrogen-bond donors (Lipinski definition) is 1. The van der Waals surface area contributed by atoms with E-state index in [0.717, 1.165) is 36.0 Å². The van der Waals surface area contributed by atoms with Gasteiger partial charge in [-0.05, 0) is 24.3 Å². The van der Waals surface area contributed by atoms with E-state index in [9.17, 15) is 18.0 Å². The average Bonchev–Trinajstić information content (AvgIpc) is 2.62. The van der Waals surface area contributed by atoms with Gasteiger partial charge in [-0.1, -0.05) is 12.1 Å². The van der Waals surface area contributed by atoms with Crippen molar-refractivity contribution in [2.45, 2.75) is 17.4 Å². The van der Waals surface area contributed by atoms with Crippen LogP contribution in [0.1, 0.15) is 22.3 Å². The van der Waals surface area contributed by atoms with Crippen molar-refractivity contribution in [2.75, 3.05) is 26.0 Å². The number of ether oxygens (including phenoxy) is 1. The summed E-state index contributed by atoms with van der Waals surface area (Å²) in [5, 5.41) is 3.06. The lowest BCUT2D eigenvalue weighted by atomic mass is 10.1. The maximum absolute atomic E-state index is 14.2. The van der Waals surface area contributed by atoms with Crippen LogP contribution in [0.15, 0.2) is 47.6 Å². The van der Waals surface area contributed by atoms with Crippen LogP contribution in [0, 0.1) is 5.82 Å². The number of methoxy groups -OCH3 is 1. The summed E-state index contributed by atoms with van der Waals surface area (Å²) in [5.74, 6) is -3.92. The molecule has 0 aliphatic heterocycles. The molecule has 2 rings (SSSR count). The Hall–Kier alpha value is -2.06. The number of nitrogens with one attached hydrogen (secondary N) is 1. The topological polar surface area (TPSA) is 51.2 Å². The second-order valence-corrected chi connectivity index (χ2v) is 6.50. The van der Waals surface area contributed by atoms with Crippen molar-refractivity contribution in [1.82, 2.24) is 10.3 Å². The first-order valence-electron chi connectivity index (χ1n) is 7.93. The summed E-state index contributed by atoms with van der Waals surface area (Å²) in [6.07, 6.45) is 1.05. The minimum atomic E-state index is -3.09. The number of hydrogen-bond acceptors (Lipinski definition) is 4. The molecule has 0 saturated carbocycles. The monoisotopic (exact) mass is 384 g/mol. The third-order valence-electron chi connectivity index (χ3n) is 3.53. The van der Waals surface area contributed by atoms with Gasteiger partial charge < -0.3 is 10.1 Å². The number of aromatic nitrogens is 1. The SMILES string of the molecule is COCCNC(=O)c1cccnc1SCCC(F)(F)c1ccc(F)cc1. The van der Waals surface area contributed by atoms with Gasteiger partial charge in [0.15, 0.2) is 0 Å². The van der Waals surface area contributed by atoms with Gasteiger partial charge in [-0.3, -0.25) is 4.79 Å². The van der Waals surface area contributed by atoms with Gasteiger partial charge in [0.05, 0.1) is 12.2 Å². The minimum absolute atomic E-state index is 0.0553. The molecular formula is C18H19F3N2O2S. The molecule has 0 aliphatic rings. The Morgan fingerprint density at radius 1 is 1.27 bits per heavy atom. The van der Waals surface area contributed by atoms with E-state index in [1.165, 1.54) is 13.3 Å². The number of alkyl halides is 2. The van der Waals surface area contributed by atoms with E-state index >= 15 is 0 Å². The van der Waals surface area contributed by atoms with Crippen LogP contribution in [-0.4, -0.2) is 36.9 Å². The van der Waals surface area contributed by atoms with E-state index in [1.54, 1.807) is 12.1 Å². The second kappa shape index (κ2) is 9.59. The Labute approximate surface area is 154 Å². The number of rotatable bonds is 9. The quantitative estimate of drug-likeness (QED) is 0.527. The largest absolute Gasteiger partial charge is 0.383 e. The molecule has 1 heterocycles. The first-order valence-corrected chi connectivity index (χ1v) is 8.91. The molecule has 0 spiro atoms. The number of carbonyl (C=O) groups excluding carboxylic acids is 1. The highest BCUT2D eigenvalue weighted by molar-refractivity contribution is 7.99. The third-order valence-corrected chi connectivity index (χ3v) is 4.54. The van der Waals surface area contributed by atoms with Gasteiger partial charge in [-0.15, -0.1) is 11.8 Å². The van der Waals surface area contributed by atoms with Crippen LogP contribution >= 0.6 is 11.8 Å². The molecule has 2 aromatic rings. The van der Waals surface area contributed by atoms with Crippen molar-refractivity contribution in [3.63, 3.8) is 0 Å². The van der Waals surface area contributed by atoms with Crippen LogP contribution in [0.25, 0.3) is 0 Å². The predicted octanol–water partition coefficient (Wildman–Crippen LogP) is 3.87. The molecule has 0 saturated heterocycles. The fourth-order valence-corrected chi connectivity index (χ4v) is 3.16. The van der Waals surface area contributed by atoms with E-state index in [4.69, 9.17) is 4.74 Å². The molecule has 0 fully saturated rings. The summed E-state index contributed by atoms with van der Waals surface area (Å²) in [5.41, 5.74) is 0.0942. The Morgan fingerprint density at radius 3 is 2.69 bits per heavy atom. The summed E-state index contributed by atoms with van der Waals surface area (Å²) >= 11 is 1.08.